The number of benzene rings is 1. The number of hydrogen-bond donors (Lipinski definition) is 1. The fraction of sp³-hybridized carbons (Fsp3) is 0.500. The molecule has 0 aromatic heterocycles. The van der Waals surface area contributed by atoms with Gasteiger partial charge in [0.1, 0.15) is 11.4 Å². The van der Waals surface area contributed by atoms with Crippen molar-refractivity contribution in [1.29, 1.82) is 0 Å². The average molecular weight is 251 g/mol. The zero-order valence-corrected chi connectivity index (χ0v) is 11.4. The Kier molecular flexibility index (Phi) is 4.59. The Bertz CT molecular complexity index is 410. The Morgan fingerprint density at radius 3 is 2.61 bits per heavy atom. The Morgan fingerprint density at radius 2 is 2.06 bits per heavy atom. The number of carbonyl (C=O) groups is 1. The third kappa shape index (κ3) is 5.08. The van der Waals surface area contributed by atoms with E-state index in [4.69, 9.17) is 4.74 Å². The van der Waals surface area contributed by atoms with E-state index in [9.17, 15) is 9.90 Å². The lowest BCUT2D eigenvalue weighted by atomic mass is 10.2. The smallest absolute Gasteiger partial charge is 0.308 e. The van der Waals surface area contributed by atoms with Crippen LogP contribution in [0.25, 0.3) is 0 Å². The number of esters is 1. The maximum absolute atomic E-state index is 11.6. The van der Waals surface area contributed by atoms with E-state index in [0.717, 1.165) is 5.69 Å². The molecule has 0 atom stereocenters. The van der Waals surface area contributed by atoms with E-state index in [1.165, 1.54) is 0 Å². The predicted octanol–water partition coefficient (Wildman–Crippen LogP) is 2.56. The quantitative estimate of drug-likeness (QED) is 0.836. The maximum atomic E-state index is 11.6. The number of anilines is 1. The lowest BCUT2D eigenvalue weighted by molar-refractivity contribution is -0.154. The molecule has 0 spiro atoms. The summed E-state index contributed by atoms with van der Waals surface area (Å²) in [6, 6.07) is 6.93. The number of nitrogens with zero attached hydrogens (tertiary/aromatic N) is 1. The highest BCUT2D eigenvalue weighted by atomic mass is 16.6. The number of ether oxygens (including phenoxy) is 1. The number of carbonyl (C=O) groups excluding carboxylic acids is 1. The van der Waals surface area contributed by atoms with Crippen molar-refractivity contribution in [3.63, 3.8) is 0 Å². The van der Waals surface area contributed by atoms with E-state index in [0.29, 0.717) is 13.0 Å². The predicted molar refractivity (Wildman–Crippen MR) is 71.8 cm³/mol. The molecule has 100 valence electrons. The van der Waals surface area contributed by atoms with Gasteiger partial charge < -0.3 is 14.7 Å². The molecule has 0 amide bonds. The van der Waals surface area contributed by atoms with Crippen LogP contribution in [-0.4, -0.2) is 30.3 Å². The normalized spacial score (nSPS) is 11.1. The molecular weight excluding hydrogens is 230 g/mol. The molecule has 0 fully saturated rings. The summed E-state index contributed by atoms with van der Waals surface area (Å²) in [6.45, 7) is 6.11. The fourth-order valence-corrected chi connectivity index (χ4v) is 1.51. The summed E-state index contributed by atoms with van der Waals surface area (Å²) in [4.78, 5) is 13.5. The van der Waals surface area contributed by atoms with Crippen LogP contribution in [-0.2, 0) is 9.53 Å². The van der Waals surface area contributed by atoms with E-state index < -0.39 is 5.60 Å². The number of rotatable bonds is 4. The van der Waals surface area contributed by atoms with Gasteiger partial charge in [-0.15, -0.1) is 0 Å². The van der Waals surface area contributed by atoms with Crippen molar-refractivity contribution >= 4 is 11.7 Å². The molecule has 1 rings (SSSR count). The van der Waals surface area contributed by atoms with Crippen molar-refractivity contribution in [2.45, 2.75) is 32.8 Å². The second kappa shape index (κ2) is 5.76. The van der Waals surface area contributed by atoms with Gasteiger partial charge in [-0.1, -0.05) is 6.07 Å². The molecule has 0 heterocycles. The summed E-state index contributed by atoms with van der Waals surface area (Å²) in [5.74, 6) is 0.00567. The summed E-state index contributed by atoms with van der Waals surface area (Å²) in [6.07, 6.45) is 0.323. The summed E-state index contributed by atoms with van der Waals surface area (Å²) in [7, 11) is 1.87. The first-order chi connectivity index (χ1) is 8.28. The van der Waals surface area contributed by atoms with Gasteiger partial charge in [0, 0.05) is 25.3 Å². The van der Waals surface area contributed by atoms with Crippen LogP contribution >= 0.6 is 0 Å². The highest BCUT2D eigenvalue weighted by Crippen LogP contribution is 2.19. The van der Waals surface area contributed by atoms with E-state index in [1.807, 2.05) is 38.8 Å². The zero-order valence-electron chi connectivity index (χ0n) is 11.4. The third-order valence-corrected chi connectivity index (χ3v) is 2.34. The van der Waals surface area contributed by atoms with E-state index in [2.05, 4.69) is 0 Å². The summed E-state index contributed by atoms with van der Waals surface area (Å²) in [5, 5.41) is 9.37. The first-order valence-electron chi connectivity index (χ1n) is 6.00. The Labute approximate surface area is 108 Å². The van der Waals surface area contributed by atoms with Crippen molar-refractivity contribution in [3.05, 3.63) is 24.3 Å². The summed E-state index contributed by atoms with van der Waals surface area (Å²) >= 11 is 0. The van der Waals surface area contributed by atoms with Gasteiger partial charge >= 0.3 is 5.97 Å². The highest BCUT2D eigenvalue weighted by Gasteiger charge is 2.16. The second-order valence-electron chi connectivity index (χ2n) is 5.28. The van der Waals surface area contributed by atoms with Crippen molar-refractivity contribution in [2.75, 3.05) is 18.5 Å². The van der Waals surface area contributed by atoms with Crippen LogP contribution in [0.3, 0.4) is 0 Å². The van der Waals surface area contributed by atoms with Crippen LogP contribution in [0.1, 0.15) is 27.2 Å². The van der Waals surface area contributed by atoms with Crippen LogP contribution in [0.2, 0.25) is 0 Å². The van der Waals surface area contributed by atoms with Gasteiger partial charge in [0.15, 0.2) is 0 Å². The Hall–Kier alpha value is -1.71. The van der Waals surface area contributed by atoms with E-state index >= 15 is 0 Å². The van der Waals surface area contributed by atoms with Gasteiger partial charge in [0.2, 0.25) is 0 Å². The van der Waals surface area contributed by atoms with Gasteiger partial charge in [0.25, 0.3) is 0 Å². The molecule has 0 aliphatic rings. The monoisotopic (exact) mass is 251 g/mol. The topological polar surface area (TPSA) is 49.8 Å². The molecule has 1 N–H and O–H groups in total. The molecule has 0 saturated carbocycles. The van der Waals surface area contributed by atoms with Gasteiger partial charge in [0.05, 0.1) is 6.42 Å². The summed E-state index contributed by atoms with van der Waals surface area (Å²) < 4.78 is 5.23. The van der Waals surface area contributed by atoms with Crippen molar-refractivity contribution < 1.29 is 14.6 Å². The maximum Gasteiger partial charge on any atom is 0.308 e. The highest BCUT2D eigenvalue weighted by molar-refractivity contribution is 5.70. The molecule has 0 radical (unpaired) electrons. The molecule has 4 nitrogen and oxygen atoms in total. The minimum Gasteiger partial charge on any atom is -0.508 e. The molecule has 0 saturated heterocycles. The first-order valence-corrected chi connectivity index (χ1v) is 6.00. The fourth-order valence-electron chi connectivity index (χ4n) is 1.51. The molecule has 4 heteroatoms. The molecule has 0 aliphatic heterocycles. The standard InChI is InChI=1S/C14H21NO3/c1-14(2,3)18-13(17)8-9-15(4)11-6-5-7-12(16)10-11/h5-7,10,16H,8-9H2,1-4H3. The lowest BCUT2D eigenvalue weighted by Gasteiger charge is -2.22. The molecule has 18 heavy (non-hydrogen) atoms. The summed E-state index contributed by atoms with van der Waals surface area (Å²) in [5.41, 5.74) is 0.430. The minimum absolute atomic E-state index is 0.213. The molecule has 0 aliphatic carbocycles. The zero-order chi connectivity index (χ0) is 13.8. The number of aromatic hydroxyl groups is 1. The molecule has 0 bridgehead atoms. The van der Waals surface area contributed by atoms with Crippen molar-refractivity contribution in [3.8, 4) is 5.75 Å². The Balaban J connectivity index is 2.46. The van der Waals surface area contributed by atoms with Crippen LogP contribution in [0.5, 0.6) is 5.75 Å². The molecular formula is C14H21NO3. The van der Waals surface area contributed by atoms with E-state index in [-0.39, 0.29) is 11.7 Å². The second-order valence-corrected chi connectivity index (χ2v) is 5.28. The van der Waals surface area contributed by atoms with Crippen LogP contribution in [0.15, 0.2) is 24.3 Å². The SMILES string of the molecule is CN(CCC(=O)OC(C)(C)C)c1cccc(O)c1. The third-order valence-electron chi connectivity index (χ3n) is 2.34. The lowest BCUT2D eigenvalue weighted by Crippen LogP contribution is -2.27. The van der Waals surface area contributed by atoms with Gasteiger partial charge in [-0.2, -0.15) is 0 Å². The first kappa shape index (κ1) is 14.4. The molecule has 0 unspecified atom stereocenters. The minimum atomic E-state index is -0.444. The Morgan fingerprint density at radius 1 is 1.39 bits per heavy atom. The number of phenols is 1. The van der Waals surface area contributed by atoms with E-state index in [1.54, 1.807) is 18.2 Å². The molecule has 1 aromatic carbocycles. The van der Waals surface area contributed by atoms with Crippen LogP contribution in [0.4, 0.5) is 5.69 Å². The van der Waals surface area contributed by atoms with Crippen molar-refractivity contribution in [1.82, 2.24) is 0 Å². The number of hydrogen-bond acceptors (Lipinski definition) is 4. The van der Waals surface area contributed by atoms with Gasteiger partial charge in [-0.3, -0.25) is 4.79 Å². The average Bonchev–Trinajstić information content (AvgIpc) is 2.23. The largest absolute Gasteiger partial charge is 0.508 e. The van der Waals surface area contributed by atoms with Gasteiger partial charge in [-0.05, 0) is 32.9 Å². The number of phenolic OH excluding ortho intramolecular Hbond substituents is 1. The van der Waals surface area contributed by atoms with Crippen LogP contribution < -0.4 is 4.90 Å². The molecule has 1 aromatic rings. The van der Waals surface area contributed by atoms with Gasteiger partial charge in [-0.25, -0.2) is 0 Å². The van der Waals surface area contributed by atoms with Crippen molar-refractivity contribution in [2.24, 2.45) is 0 Å². The van der Waals surface area contributed by atoms with Crippen LogP contribution in [0, 0.1) is 0 Å².